The highest BCUT2D eigenvalue weighted by Gasteiger charge is 2.26. The molecule has 2 heterocycles. The summed E-state index contributed by atoms with van der Waals surface area (Å²) in [5.41, 5.74) is 1.78. The maximum absolute atomic E-state index is 13.4. The molecule has 2 aromatic carbocycles. The van der Waals surface area contributed by atoms with E-state index in [-0.39, 0.29) is 11.9 Å². The number of benzene rings is 2. The van der Waals surface area contributed by atoms with Crippen molar-refractivity contribution in [3.8, 4) is 0 Å². The van der Waals surface area contributed by atoms with Gasteiger partial charge in [-0.05, 0) is 24.6 Å². The summed E-state index contributed by atoms with van der Waals surface area (Å²) < 4.78 is 7.76. The van der Waals surface area contributed by atoms with Crippen LogP contribution in [0.1, 0.15) is 34.9 Å². The summed E-state index contributed by atoms with van der Waals surface area (Å²) in [6, 6.07) is 19.3. The number of aryl methyl sites for hydroxylation is 1. The summed E-state index contributed by atoms with van der Waals surface area (Å²) in [5.74, 6) is 1.01. The lowest BCUT2D eigenvalue weighted by molar-refractivity contribution is 0.0636. The van der Waals surface area contributed by atoms with Crippen molar-refractivity contribution in [3.05, 3.63) is 90.2 Å². The lowest BCUT2D eigenvalue weighted by atomic mass is 10.1. The third-order valence-corrected chi connectivity index (χ3v) is 4.88. The molecular weight excluding hydrogens is 338 g/mol. The summed E-state index contributed by atoms with van der Waals surface area (Å²) in [7, 11) is 1.93. The minimum atomic E-state index is -0.148. The molecule has 0 aliphatic heterocycles. The van der Waals surface area contributed by atoms with Crippen LogP contribution in [0, 0.1) is 0 Å². The van der Waals surface area contributed by atoms with Crippen LogP contribution in [0.5, 0.6) is 0 Å². The van der Waals surface area contributed by atoms with Crippen molar-refractivity contribution in [2.75, 3.05) is 0 Å². The molecule has 0 spiro atoms. The Morgan fingerprint density at radius 1 is 1.15 bits per heavy atom. The maximum Gasteiger partial charge on any atom is 0.290 e. The summed E-state index contributed by atoms with van der Waals surface area (Å²) in [5, 5.41) is 0.921. The topological polar surface area (TPSA) is 51.3 Å². The number of nitrogens with zero attached hydrogens (tertiary/aromatic N) is 3. The lowest BCUT2D eigenvalue weighted by Crippen LogP contribution is -2.33. The molecule has 4 rings (SSSR count). The summed E-state index contributed by atoms with van der Waals surface area (Å²) in [6.07, 6.45) is 3.62. The van der Waals surface area contributed by atoms with Crippen LogP contribution < -0.4 is 0 Å². The Morgan fingerprint density at radius 2 is 1.89 bits per heavy atom. The molecule has 4 aromatic rings. The van der Waals surface area contributed by atoms with E-state index >= 15 is 0 Å². The van der Waals surface area contributed by atoms with Gasteiger partial charge in [-0.2, -0.15) is 0 Å². The van der Waals surface area contributed by atoms with E-state index < -0.39 is 0 Å². The zero-order valence-electron chi connectivity index (χ0n) is 15.4. The normalized spacial score (nSPS) is 12.2. The number of hydrogen-bond donors (Lipinski definition) is 0. The third kappa shape index (κ3) is 3.36. The fourth-order valence-electron chi connectivity index (χ4n) is 3.23. The van der Waals surface area contributed by atoms with Crippen molar-refractivity contribution >= 4 is 16.9 Å². The van der Waals surface area contributed by atoms with Crippen LogP contribution in [0.25, 0.3) is 11.0 Å². The molecule has 1 amide bonds. The highest BCUT2D eigenvalue weighted by Crippen LogP contribution is 2.27. The number of amides is 1. The Labute approximate surface area is 157 Å². The third-order valence-electron chi connectivity index (χ3n) is 4.88. The van der Waals surface area contributed by atoms with E-state index in [1.807, 2.05) is 79.3 Å². The fourth-order valence-corrected chi connectivity index (χ4v) is 3.23. The van der Waals surface area contributed by atoms with Gasteiger partial charge in [-0.1, -0.05) is 48.5 Å². The van der Waals surface area contributed by atoms with Crippen molar-refractivity contribution in [2.45, 2.75) is 19.5 Å². The fraction of sp³-hybridized carbons (Fsp3) is 0.182. The molecule has 2 aromatic heterocycles. The van der Waals surface area contributed by atoms with E-state index in [1.54, 1.807) is 17.2 Å². The SMILES string of the molecule is CC(c1ccccc1)N(Cc1nccn1C)C(=O)c1cc2ccccc2o1. The summed E-state index contributed by atoms with van der Waals surface area (Å²) in [6.45, 7) is 2.42. The molecule has 0 aliphatic rings. The number of aromatic nitrogens is 2. The van der Waals surface area contributed by atoms with Crippen LogP contribution >= 0.6 is 0 Å². The van der Waals surface area contributed by atoms with Crippen molar-refractivity contribution < 1.29 is 9.21 Å². The van der Waals surface area contributed by atoms with Gasteiger partial charge in [-0.25, -0.2) is 4.98 Å². The molecule has 0 N–H and O–H groups in total. The second-order valence-electron chi connectivity index (χ2n) is 6.62. The summed E-state index contributed by atoms with van der Waals surface area (Å²) in [4.78, 5) is 19.6. The van der Waals surface area contributed by atoms with E-state index in [9.17, 15) is 4.79 Å². The van der Waals surface area contributed by atoms with Crippen LogP contribution in [0.15, 0.2) is 77.5 Å². The number of hydrogen-bond acceptors (Lipinski definition) is 3. The van der Waals surface area contributed by atoms with Crippen molar-refractivity contribution in [3.63, 3.8) is 0 Å². The van der Waals surface area contributed by atoms with Gasteiger partial charge < -0.3 is 13.9 Å². The number of para-hydroxylation sites is 1. The van der Waals surface area contributed by atoms with Gasteiger partial charge in [0.1, 0.15) is 11.4 Å². The minimum Gasteiger partial charge on any atom is -0.451 e. The van der Waals surface area contributed by atoms with E-state index in [2.05, 4.69) is 4.98 Å². The Morgan fingerprint density at radius 3 is 2.59 bits per heavy atom. The highest BCUT2D eigenvalue weighted by molar-refractivity contribution is 5.96. The largest absolute Gasteiger partial charge is 0.451 e. The number of carbonyl (C=O) groups excluding carboxylic acids is 1. The lowest BCUT2D eigenvalue weighted by Gasteiger charge is -2.28. The van der Waals surface area contributed by atoms with Crippen LogP contribution in [-0.4, -0.2) is 20.4 Å². The van der Waals surface area contributed by atoms with Gasteiger partial charge in [0.2, 0.25) is 0 Å². The second kappa shape index (κ2) is 7.11. The molecule has 0 saturated heterocycles. The quantitative estimate of drug-likeness (QED) is 0.524. The van der Waals surface area contributed by atoms with E-state index in [0.29, 0.717) is 17.9 Å². The summed E-state index contributed by atoms with van der Waals surface area (Å²) >= 11 is 0. The van der Waals surface area contributed by atoms with Crippen molar-refractivity contribution in [1.82, 2.24) is 14.5 Å². The monoisotopic (exact) mass is 359 g/mol. The molecule has 27 heavy (non-hydrogen) atoms. The first-order chi connectivity index (χ1) is 13.1. The average molecular weight is 359 g/mol. The Balaban J connectivity index is 1.71. The molecule has 136 valence electrons. The maximum atomic E-state index is 13.4. The second-order valence-corrected chi connectivity index (χ2v) is 6.62. The smallest absolute Gasteiger partial charge is 0.290 e. The molecule has 1 atom stereocenters. The highest BCUT2D eigenvalue weighted by atomic mass is 16.3. The van der Waals surface area contributed by atoms with Crippen LogP contribution in [-0.2, 0) is 13.6 Å². The standard InChI is InChI=1S/C22H21N3O2/c1-16(17-8-4-3-5-9-17)25(15-21-23-12-13-24(21)2)22(26)20-14-18-10-6-7-11-19(18)27-20/h3-14,16H,15H2,1-2H3. The molecule has 1 unspecified atom stereocenters. The predicted molar refractivity (Wildman–Crippen MR) is 104 cm³/mol. The van der Waals surface area contributed by atoms with Crippen molar-refractivity contribution in [1.29, 1.82) is 0 Å². The average Bonchev–Trinajstić information content (AvgIpc) is 3.31. The number of fused-ring (bicyclic) bond motifs is 1. The molecule has 0 saturated carbocycles. The van der Waals surface area contributed by atoms with E-state index in [1.165, 1.54) is 0 Å². The molecule has 0 radical (unpaired) electrons. The first-order valence-electron chi connectivity index (χ1n) is 8.94. The van der Waals surface area contributed by atoms with Gasteiger partial charge >= 0.3 is 0 Å². The van der Waals surface area contributed by atoms with Crippen LogP contribution in [0.2, 0.25) is 0 Å². The number of carbonyl (C=O) groups is 1. The Bertz CT molecular complexity index is 1030. The minimum absolute atomic E-state index is 0.122. The molecular formula is C22H21N3O2. The van der Waals surface area contributed by atoms with Crippen LogP contribution in [0.3, 0.4) is 0 Å². The van der Waals surface area contributed by atoms with E-state index in [0.717, 1.165) is 16.8 Å². The first-order valence-corrected chi connectivity index (χ1v) is 8.94. The Hall–Kier alpha value is -3.34. The zero-order valence-corrected chi connectivity index (χ0v) is 15.4. The van der Waals surface area contributed by atoms with Crippen LogP contribution in [0.4, 0.5) is 0 Å². The number of imidazole rings is 1. The van der Waals surface area contributed by atoms with Gasteiger partial charge in [0.05, 0.1) is 12.6 Å². The van der Waals surface area contributed by atoms with Gasteiger partial charge in [0.25, 0.3) is 5.91 Å². The molecule has 5 nitrogen and oxygen atoms in total. The molecule has 0 aliphatic carbocycles. The molecule has 5 heteroatoms. The van der Waals surface area contributed by atoms with Gasteiger partial charge in [0.15, 0.2) is 5.76 Å². The van der Waals surface area contributed by atoms with Gasteiger partial charge in [-0.3, -0.25) is 4.79 Å². The van der Waals surface area contributed by atoms with E-state index in [4.69, 9.17) is 4.42 Å². The predicted octanol–water partition coefficient (Wildman–Crippen LogP) is 4.57. The number of rotatable bonds is 5. The Kier molecular flexibility index (Phi) is 4.50. The zero-order chi connectivity index (χ0) is 18.8. The first kappa shape index (κ1) is 17.1. The van der Waals surface area contributed by atoms with Crippen molar-refractivity contribution in [2.24, 2.45) is 7.05 Å². The molecule has 0 bridgehead atoms. The molecule has 0 fully saturated rings. The van der Waals surface area contributed by atoms with Gasteiger partial charge in [-0.15, -0.1) is 0 Å². The number of furan rings is 1. The van der Waals surface area contributed by atoms with Gasteiger partial charge in [0, 0.05) is 24.8 Å².